The fourth-order valence-electron chi connectivity index (χ4n) is 2.85. The lowest BCUT2D eigenvalue weighted by molar-refractivity contribution is 0.0696. The van der Waals surface area contributed by atoms with Crippen LogP contribution in [0.3, 0.4) is 0 Å². The van der Waals surface area contributed by atoms with E-state index in [1.54, 1.807) is 0 Å². The Hall–Kier alpha value is -1.42. The zero-order valence-electron chi connectivity index (χ0n) is 11.7. The van der Waals surface area contributed by atoms with E-state index in [9.17, 15) is 9.18 Å². The minimum absolute atomic E-state index is 0.135. The second kappa shape index (κ2) is 7.39. The van der Waals surface area contributed by atoms with E-state index in [1.165, 1.54) is 50.3 Å². The number of hydrogen-bond donors (Lipinski definition) is 2. The molecule has 0 aliphatic heterocycles. The molecule has 4 heteroatoms. The number of carboxylic acid groups (broad SMARTS) is 1. The highest BCUT2D eigenvalue weighted by Crippen LogP contribution is 2.25. The van der Waals surface area contributed by atoms with E-state index in [1.807, 2.05) is 0 Å². The quantitative estimate of drug-likeness (QED) is 0.782. The summed E-state index contributed by atoms with van der Waals surface area (Å²) in [5.74, 6) is -0.569. The maximum atomic E-state index is 13.6. The third-order valence-corrected chi connectivity index (χ3v) is 4.06. The van der Waals surface area contributed by atoms with Crippen LogP contribution in [0.4, 0.5) is 4.39 Å². The van der Waals surface area contributed by atoms with Gasteiger partial charge in [-0.15, -0.1) is 0 Å². The molecule has 2 N–H and O–H groups in total. The van der Waals surface area contributed by atoms with Crippen LogP contribution in [0.2, 0.25) is 0 Å². The van der Waals surface area contributed by atoms with E-state index < -0.39 is 5.97 Å². The van der Waals surface area contributed by atoms with E-state index in [-0.39, 0.29) is 11.4 Å². The second-order valence-electron chi connectivity index (χ2n) is 5.58. The van der Waals surface area contributed by atoms with Gasteiger partial charge in [-0.25, -0.2) is 9.18 Å². The van der Waals surface area contributed by atoms with Crippen molar-refractivity contribution in [1.82, 2.24) is 5.32 Å². The summed E-state index contributed by atoms with van der Waals surface area (Å²) in [6.07, 6.45) is 7.77. The van der Waals surface area contributed by atoms with E-state index in [2.05, 4.69) is 5.32 Å². The monoisotopic (exact) mass is 279 g/mol. The van der Waals surface area contributed by atoms with Crippen LogP contribution >= 0.6 is 0 Å². The molecular formula is C16H22FNO2. The summed E-state index contributed by atoms with van der Waals surface area (Å²) in [7, 11) is 0. The molecule has 0 unspecified atom stereocenters. The van der Waals surface area contributed by atoms with Crippen LogP contribution in [-0.2, 0) is 6.54 Å². The van der Waals surface area contributed by atoms with Crippen LogP contribution in [0.5, 0.6) is 0 Å². The molecule has 1 aliphatic rings. The zero-order valence-corrected chi connectivity index (χ0v) is 11.7. The highest BCUT2D eigenvalue weighted by Gasteiger charge is 2.13. The Bertz CT molecular complexity index is 456. The van der Waals surface area contributed by atoms with Gasteiger partial charge in [0.05, 0.1) is 5.56 Å². The molecule has 0 bridgehead atoms. The molecule has 1 aromatic rings. The second-order valence-corrected chi connectivity index (χ2v) is 5.58. The molecule has 0 spiro atoms. The molecule has 0 heterocycles. The van der Waals surface area contributed by atoms with Gasteiger partial charge in [0, 0.05) is 12.1 Å². The molecule has 110 valence electrons. The van der Waals surface area contributed by atoms with Crippen LogP contribution in [-0.4, -0.2) is 17.6 Å². The van der Waals surface area contributed by atoms with Crippen LogP contribution < -0.4 is 5.32 Å². The number of aromatic carboxylic acids is 1. The number of hydrogen-bond acceptors (Lipinski definition) is 2. The van der Waals surface area contributed by atoms with Gasteiger partial charge in [-0.3, -0.25) is 0 Å². The maximum Gasteiger partial charge on any atom is 0.335 e. The molecule has 0 aromatic heterocycles. The van der Waals surface area contributed by atoms with Crippen molar-refractivity contribution in [3.63, 3.8) is 0 Å². The van der Waals surface area contributed by atoms with Crippen molar-refractivity contribution in [3.8, 4) is 0 Å². The van der Waals surface area contributed by atoms with Gasteiger partial charge in [-0.05, 0) is 37.1 Å². The van der Waals surface area contributed by atoms with E-state index in [0.29, 0.717) is 12.1 Å². The average Bonchev–Trinajstić information content (AvgIpc) is 2.46. The number of carbonyl (C=O) groups is 1. The summed E-state index contributed by atoms with van der Waals surface area (Å²) in [5.41, 5.74) is 0.559. The SMILES string of the molecule is O=C(O)c1ccc(F)c(CNCCC2CCCCC2)c1. The van der Waals surface area contributed by atoms with E-state index in [4.69, 9.17) is 5.11 Å². The number of rotatable bonds is 6. The maximum absolute atomic E-state index is 13.6. The average molecular weight is 279 g/mol. The third kappa shape index (κ3) is 4.30. The Morgan fingerprint density at radius 2 is 2.05 bits per heavy atom. The summed E-state index contributed by atoms with van der Waals surface area (Å²) < 4.78 is 13.6. The summed E-state index contributed by atoms with van der Waals surface area (Å²) in [6.45, 7) is 1.25. The molecule has 0 saturated heterocycles. The predicted molar refractivity (Wildman–Crippen MR) is 76.3 cm³/mol. The molecule has 0 amide bonds. The molecule has 0 atom stereocenters. The number of benzene rings is 1. The smallest absolute Gasteiger partial charge is 0.335 e. The van der Waals surface area contributed by atoms with Gasteiger partial charge in [0.1, 0.15) is 5.82 Å². The Balaban J connectivity index is 1.78. The predicted octanol–water partition coefficient (Wildman–Crippen LogP) is 3.58. The number of carboxylic acids is 1. The van der Waals surface area contributed by atoms with Gasteiger partial charge < -0.3 is 10.4 Å². The van der Waals surface area contributed by atoms with Crippen molar-refractivity contribution in [2.45, 2.75) is 45.1 Å². The van der Waals surface area contributed by atoms with Gasteiger partial charge in [0.15, 0.2) is 0 Å². The lowest BCUT2D eigenvalue weighted by Gasteiger charge is -2.21. The van der Waals surface area contributed by atoms with Crippen LogP contribution in [0.15, 0.2) is 18.2 Å². The molecule has 3 nitrogen and oxygen atoms in total. The first-order valence-electron chi connectivity index (χ1n) is 7.39. The van der Waals surface area contributed by atoms with Crippen LogP contribution in [0.25, 0.3) is 0 Å². The molecule has 2 rings (SSSR count). The zero-order chi connectivity index (χ0) is 14.4. The Labute approximate surface area is 119 Å². The summed E-state index contributed by atoms with van der Waals surface area (Å²) in [4.78, 5) is 10.9. The standard InChI is InChI=1S/C16H22FNO2/c17-15-7-6-13(16(19)20)10-14(15)11-18-9-8-12-4-2-1-3-5-12/h6-7,10,12,18H,1-5,8-9,11H2,(H,19,20). The van der Waals surface area contributed by atoms with Crippen LogP contribution in [0.1, 0.15) is 54.4 Å². The van der Waals surface area contributed by atoms with Crippen molar-refractivity contribution in [2.75, 3.05) is 6.54 Å². The van der Waals surface area contributed by atoms with Crippen LogP contribution in [0, 0.1) is 11.7 Å². The fraction of sp³-hybridized carbons (Fsp3) is 0.562. The van der Waals surface area contributed by atoms with Crippen molar-refractivity contribution < 1.29 is 14.3 Å². The Morgan fingerprint density at radius 1 is 1.30 bits per heavy atom. The lowest BCUT2D eigenvalue weighted by atomic mass is 9.87. The van der Waals surface area contributed by atoms with E-state index >= 15 is 0 Å². The number of halogens is 1. The Kier molecular flexibility index (Phi) is 5.53. The van der Waals surface area contributed by atoms with Crippen molar-refractivity contribution in [3.05, 3.63) is 35.1 Å². The molecular weight excluding hydrogens is 257 g/mol. The normalized spacial score (nSPS) is 16.2. The summed E-state index contributed by atoms with van der Waals surface area (Å²) >= 11 is 0. The minimum atomic E-state index is -1.02. The van der Waals surface area contributed by atoms with Gasteiger partial charge in [-0.1, -0.05) is 32.1 Å². The van der Waals surface area contributed by atoms with Gasteiger partial charge in [0.2, 0.25) is 0 Å². The number of nitrogens with one attached hydrogen (secondary N) is 1. The largest absolute Gasteiger partial charge is 0.478 e. The molecule has 0 radical (unpaired) electrons. The van der Waals surface area contributed by atoms with Crippen molar-refractivity contribution >= 4 is 5.97 Å². The highest BCUT2D eigenvalue weighted by atomic mass is 19.1. The van der Waals surface area contributed by atoms with E-state index in [0.717, 1.165) is 18.9 Å². The van der Waals surface area contributed by atoms with Gasteiger partial charge in [-0.2, -0.15) is 0 Å². The third-order valence-electron chi connectivity index (χ3n) is 4.06. The first-order valence-corrected chi connectivity index (χ1v) is 7.39. The van der Waals surface area contributed by atoms with Crippen molar-refractivity contribution in [2.24, 2.45) is 5.92 Å². The molecule has 1 saturated carbocycles. The molecule has 1 aliphatic carbocycles. The van der Waals surface area contributed by atoms with Gasteiger partial charge in [0.25, 0.3) is 0 Å². The topological polar surface area (TPSA) is 49.3 Å². The molecule has 1 fully saturated rings. The highest BCUT2D eigenvalue weighted by molar-refractivity contribution is 5.87. The first kappa shape index (κ1) is 15.0. The fourth-order valence-corrected chi connectivity index (χ4v) is 2.85. The molecule has 20 heavy (non-hydrogen) atoms. The first-order chi connectivity index (χ1) is 9.66. The van der Waals surface area contributed by atoms with Gasteiger partial charge >= 0.3 is 5.97 Å². The van der Waals surface area contributed by atoms with Crippen molar-refractivity contribution in [1.29, 1.82) is 0 Å². The summed E-state index contributed by atoms with van der Waals surface area (Å²) in [6, 6.07) is 3.93. The lowest BCUT2D eigenvalue weighted by Crippen LogP contribution is -2.20. The minimum Gasteiger partial charge on any atom is -0.478 e. The summed E-state index contributed by atoms with van der Waals surface area (Å²) in [5, 5.41) is 12.1. The molecule has 1 aromatic carbocycles. The Morgan fingerprint density at radius 3 is 2.75 bits per heavy atom.